The fraction of sp³-hybridized carbons (Fsp3) is 0.318. The number of hydrogen-bond acceptors (Lipinski definition) is 3. The maximum absolute atomic E-state index is 12.1. The molecule has 0 bridgehead atoms. The molecule has 0 atom stereocenters. The first-order valence-corrected chi connectivity index (χ1v) is 9.09. The monoisotopic (exact) mass is 369 g/mol. The van der Waals surface area contributed by atoms with Gasteiger partial charge in [0, 0.05) is 12.1 Å². The van der Waals surface area contributed by atoms with Gasteiger partial charge in [-0.05, 0) is 30.2 Å². The summed E-state index contributed by atoms with van der Waals surface area (Å²) < 4.78 is 11.0. The van der Waals surface area contributed by atoms with E-state index in [4.69, 9.17) is 9.47 Å². The van der Waals surface area contributed by atoms with E-state index in [0.717, 1.165) is 17.7 Å². The molecule has 0 aromatic heterocycles. The number of rotatable bonds is 9. The zero-order chi connectivity index (χ0) is 19.6. The van der Waals surface area contributed by atoms with Gasteiger partial charge in [0.2, 0.25) is 0 Å². The van der Waals surface area contributed by atoms with Crippen molar-refractivity contribution in [1.82, 2.24) is 5.32 Å². The lowest BCUT2D eigenvalue weighted by atomic mass is 10.1. The zero-order valence-corrected chi connectivity index (χ0v) is 16.5. The summed E-state index contributed by atoms with van der Waals surface area (Å²) >= 11 is 0. The van der Waals surface area contributed by atoms with Crippen LogP contribution in [0.3, 0.4) is 0 Å². The van der Waals surface area contributed by atoms with Crippen LogP contribution in [0.25, 0.3) is 6.08 Å². The minimum Gasteiger partial charge on any atom is -0.493 e. The van der Waals surface area contributed by atoms with Crippen molar-refractivity contribution in [1.29, 1.82) is 0 Å². The van der Waals surface area contributed by atoms with Crippen LogP contribution in [0.4, 0.5) is 0 Å². The first-order valence-electron chi connectivity index (χ1n) is 9.09. The van der Waals surface area contributed by atoms with Crippen molar-refractivity contribution in [3.8, 4) is 11.5 Å². The summed E-state index contributed by atoms with van der Waals surface area (Å²) in [5.74, 6) is 0.991. The molecule has 27 heavy (non-hydrogen) atoms. The van der Waals surface area contributed by atoms with Crippen LogP contribution < -0.4 is 19.7 Å². The van der Waals surface area contributed by atoms with E-state index in [9.17, 15) is 4.79 Å². The highest BCUT2D eigenvalue weighted by Crippen LogP contribution is 2.28. The summed E-state index contributed by atoms with van der Waals surface area (Å²) in [5.41, 5.74) is 3.36. The molecule has 0 aliphatic heterocycles. The molecule has 2 aromatic rings. The topological polar surface area (TPSA) is 52.0 Å². The molecular weight excluding hydrogens is 340 g/mol. The number of allylic oxidation sites excluding steroid dienone is 1. The number of quaternary nitrogens is 1. The molecule has 5 heteroatoms. The van der Waals surface area contributed by atoms with Gasteiger partial charge in [-0.2, -0.15) is 0 Å². The highest BCUT2D eigenvalue weighted by Gasteiger charge is 2.08. The lowest BCUT2D eigenvalue weighted by molar-refractivity contribution is -0.872. The van der Waals surface area contributed by atoms with E-state index in [0.29, 0.717) is 18.0 Å². The Morgan fingerprint density at radius 3 is 2.41 bits per heavy atom. The molecule has 0 aliphatic carbocycles. The highest BCUT2D eigenvalue weighted by molar-refractivity contribution is 5.77. The van der Waals surface area contributed by atoms with E-state index in [1.54, 1.807) is 7.11 Å². The van der Waals surface area contributed by atoms with Gasteiger partial charge in [0.25, 0.3) is 5.91 Å². The zero-order valence-electron chi connectivity index (χ0n) is 16.5. The minimum atomic E-state index is -0.170. The Morgan fingerprint density at radius 2 is 1.78 bits per heavy atom. The highest BCUT2D eigenvalue weighted by atomic mass is 16.5. The SMILES string of the molecule is C/C=C/c1ccc(OCC(=O)NCc2ccc(C[NH+](C)C)cc2)c(OC)c1. The van der Waals surface area contributed by atoms with Crippen molar-refractivity contribution in [2.24, 2.45) is 0 Å². The van der Waals surface area contributed by atoms with E-state index in [2.05, 4.69) is 31.5 Å². The Hall–Kier alpha value is -2.79. The van der Waals surface area contributed by atoms with Crippen LogP contribution in [0, 0.1) is 0 Å². The summed E-state index contributed by atoms with van der Waals surface area (Å²) in [6, 6.07) is 13.9. The van der Waals surface area contributed by atoms with E-state index < -0.39 is 0 Å². The van der Waals surface area contributed by atoms with Crippen molar-refractivity contribution in [3.05, 3.63) is 65.2 Å². The molecule has 0 saturated carbocycles. The number of nitrogens with one attached hydrogen (secondary N) is 2. The fourth-order valence-electron chi connectivity index (χ4n) is 2.68. The van der Waals surface area contributed by atoms with E-state index in [1.807, 2.05) is 49.4 Å². The van der Waals surface area contributed by atoms with Crippen molar-refractivity contribution in [3.63, 3.8) is 0 Å². The Morgan fingerprint density at radius 1 is 1.07 bits per heavy atom. The number of carbonyl (C=O) groups excluding carboxylic acids is 1. The Kier molecular flexibility index (Phi) is 7.89. The van der Waals surface area contributed by atoms with Gasteiger partial charge in [-0.15, -0.1) is 0 Å². The summed E-state index contributed by atoms with van der Waals surface area (Å²) in [4.78, 5) is 13.5. The summed E-state index contributed by atoms with van der Waals surface area (Å²) in [6.07, 6.45) is 3.93. The van der Waals surface area contributed by atoms with Crippen LogP contribution >= 0.6 is 0 Å². The molecule has 0 heterocycles. The lowest BCUT2D eigenvalue weighted by Gasteiger charge is -2.12. The first-order chi connectivity index (χ1) is 13.0. The molecule has 2 rings (SSSR count). The second-order valence-corrected chi connectivity index (χ2v) is 6.68. The summed E-state index contributed by atoms with van der Waals surface area (Å²) in [7, 11) is 5.83. The maximum Gasteiger partial charge on any atom is 0.258 e. The predicted molar refractivity (Wildman–Crippen MR) is 108 cm³/mol. The standard InChI is InChI=1S/C22H28N2O3/c1-5-6-17-11-12-20(21(13-17)26-4)27-16-22(25)23-14-18-7-9-19(10-8-18)15-24(2)3/h5-13H,14-16H2,1-4H3,(H,23,25)/p+1/b6-5+. The maximum atomic E-state index is 12.1. The third-order valence-electron chi connectivity index (χ3n) is 3.98. The number of carbonyl (C=O) groups is 1. The fourth-order valence-corrected chi connectivity index (χ4v) is 2.68. The van der Waals surface area contributed by atoms with Gasteiger partial charge in [0.05, 0.1) is 21.2 Å². The summed E-state index contributed by atoms with van der Waals surface area (Å²) in [5, 5.41) is 2.88. The van der Waals surface area contributed by atoms with Gasteiger partial charge in [-0.25, -0.2) is 0 Å². The van der Waals surface area contributed by atoms with Crippen LogP contribution in [0.2, 0.25) is 0 Å². The molecule has 0 unspecified atom stereocenters. The predicted octanol–water partition coefficient (Wildman–Crippen LogP) is 2.07. The van der Waals surface area contributed by atoms with E-state index >= 15 is 0 Å². The van der Waals surface area contributed by atoms with Gasteiger partial charge in [0.15, 0.2) is 18.1 Å². The Bertz CT molecular complexity index is 768. The molecular formula is C22H29N2O3+. The average Bonchev–Trinajstić information content (AvgIpc) is 2.66. The van der Waals surface area contributed by atoms with Gasteiger partial charge in [-0.1, -0.05) is 42.5 Å². The quantitative estimate of drug-likeness (QED) is 0.712. The van der Waals surface area contributed by atoms with Crippen LogP contribution in [-0.4, -0.2) is 33.7 Å². The molecule has 0 spiro atoms. The number of methoxy groups -OCH3 is 1. The second-order valence-electron chi connectivity index (χ2n) is 6.68. The Balaban J connectivity index is 1.84. The molecule has 144 valence electrons. The third-order valence-corrected chi connectivity index (χ3v) is 3.98. The molecule has 0 radical (unpaired) electrons. The number of hydrogen-bond donors (Lipinski definition) is 2. The second kappa shape index (κ2) is 10.4. The van der Waals surface area contributed by atoms with Crippen molar-refractivity contribution < 1.29 is 19.2 Å². The number of amides is 1. The molecule has 2 N–H and O–H groups in total. The number of benzene rings is 2. The average molecular weight is 369 g/mol. The molecule has 0 aliphatic rings. The van der Waals surface area contributed by atoms with Crippen LogP contribution in [0.15, 0.2) is 48.5 Å². The van der Waals surface area contributed by atoms with Gasteiger partial charge in [0.1, 0.15) is 6.54 Å². The molecule has 0 fully saturated rings. The van der Waals surface area contributed by atoms with E-state index in [1.165, 1.54) is 10.5 Å². The molecule has 2 aromatic carbocycles. The van der Waals surface area contributed by atoms with Gasteiger partial charge < -0.3 is 19.7 Å². The van der Waals surface area contributed by atoms with Gasteiger partial charge in [-0.3, -0.25) is 4.79 Å². The minimum absolute atomic E-state index is 0.0542. The largest absolute Gasteiger partial charge is 0.493 e. The van der Waals surface area contributed by atoms with E-state index in [-0.39, 0.29) is 12.5 Å². The van der Waals surface area contributed by atoms with Crippen LogP contribution in [0.1, 0.15) is 23.6 Å². The smallest absolute Gasteiger partial charge is 0.258 e. The normalized spacial score (nSPS) is 11.0. The Labute approximate surface area is 161 Å². The van der Waals surface area contributed by atoms with Crippen molar-refractivity contribution >= 4 is 12.0 Å². The third kappa shape index (κ3) is 6.79. The van der Waals surface area contributed by atoms with Gasteiger partial charge >= 0.3 is 0 Å². The van der Waals surface area contributed by atoms with Crippen LogP contribution in [-0.2, 0) is 17.9 Å². The van der Waals surface area contributed by atoms with Crippen molar-refractivity contribution in [2.45, 2.75) is 20.0 Å². The lowest BCUT2D eigenvalue weighted by Crippen LogP contribution is -3.04. The first kappa shape index (κ1) is 20.5. The molecule has 1 amide bonds. The molecule has 0 saturated heterocycles. The summed E-state index contributed by atoms with van der Waals surface area (Å²) in [6.45, 7) is 3.36. The van der Waals surface area contributed by atoms with Crippen LogP contribution in [0.5, 0.6) is 11.5 Å². The molecule has 5 nitrogen and oxygen atoms in total. The van der Waals surface area contributed by atoms with Crippen molar-refractivity contribution in [2.75, 3.05) is 27.8 Å². The number of ether oxygens (including phenoxy) is 2.